The molecule has 0 aliphatic carbocycles. The lowest BCUT2D eigenvalue weighted by molar-refractivity contribution is -0.130. The molecule has 0 saturated carbocycles. The van der Waals surface area contributed by atoms with Crippen LogP contribution in [-0.2, 0) is 4.79 Å². The fourth-order valence-electron chi connectivity index (χ4n) is 1.91. The van der Waals surface area contributed by atoms with Crippen molar-refractivity contribution in [3.63, 3.8) is 0 Å². The quantitative estimate of drug-likeness (QED) is 0.795. The number of carboxylic acid groups (broad SMARTS) is 1. The lowest BCUT2D eigenvalue weighted by Crippen LogP contribution is -2.17. The molecule has 0 bridgehead atoms. The first-order valence-electron chi connectivity index (χ1n) is 4.93. The Bertz CT molecular complexity index is 727. The summed E-state index contributed by atoms with van der Waals surface area (Å²) >= 11 is 0. The molecule has 0 amide bonds. The van der Waals surface area contributed by atoms with Crippen molar-refractivity contribution in [2.75, 3.05) is 0 Å². The van der Waals surface area contributed by atoms with Crippen LogP contribution in [0.4, 0.5) is 0 Å². The number of aliphatic carboxylic acids is 1. The van der Waals surface area contributed by atoms with E-state index in [0.717, 1.165) is 0 Å². The number of pyridine rings is 2. The van der Waals surface area contributed by atoms with Crippen molar-refractivity contribution in [3.8, 4) is 5.75 Å². The summed E-state index contributed by atoms with van der Waals surface area (Å²) in [5.74, 6) is -0.606. The predicted molar refractivity (Wildman–Crippen MR) is 59.9 cm³/mol. The molecular weight excluding hydrogens is 222 g/mol. The van der Waals surface area contributed by atoms with Gasteiger partial charge in [-0.15, -0.1) is 0 Å². The minimum Gasteiger partial charge on any atom is -0.478 e. The Morgan fingerprint density at radius 1 is 1.29 bits per heavy atom. The Morgan fingerprint density at radius 2 is 2.12 bits per heavy atom. The molecule has 1 aliphatic rings. The van der Waals surface area contributed by atoms with Gasteiger partial charge in [0.15, 0.2) is 5.75 Å². The summed E-state index contributed by atoms with van der Waals surface area (Å²) in [6, 6.07) is 6.21. The molecule has 2 aromatic rings. The summed E-state index contributed by atoms with van der Waals surface area (Å²) < 4.78 is 6.60. The largest absolute Gasteiger partial charge is 0.478 e. The van der Waals surface area contributed by atoms with Gasteiger partial charge < -0.3 is 9.84 Å². The Hall–Kier alpha value is -2.56. The highest BCUT2D eigenvalue weighted by molar-refractivity contribution is 6.18. The van der Waals surface area contributed by atoms with Crippen LogP contribution in [0.25, 0.3) is 11.1 Å². The molecule has 1 N–H and O–H groups in total. The van der Waals surface area contributed by atoms with Crippen molar-refractivity contribution in [1.29, 1.82) is 0 Å². The molecule has 5 heteroatoms. The van der Waals surface area contributed by atoms with Crippen LogP contribution < -0.4 is 10.3 Å². The predicted octanol–water partition coefficient (Wildman–Crippen LogP) is 1.12. The molecule has 0 fully saturated rings. The van der Waals surface area contributed by atoms with Crippen molar-refractivity contribution >= 4 is 17.1 Å². The van der Waals surface area contributed by atoms with Gasteiger partial charge in [-0.05, 0) is 18.2 Å². The maximum absolute atomic E-state index is 11.6. The van der Waals surface area contributed by atoms with Crippen LogP contribution >= 0.6 is 0 Å². The molecule has 0 radical (unpaired) electrons. The van der Waals surface area contributed by atoms with Crippen molar-refractivity contribution in [3.05, 3.63) is 52.6 Å². The molecule has 2 aromatic heterocycles. The molecule has 17 heavy (non-hydrogen) atoms. The first-order chi connectivity index (χ1) is 8.18. The molecule has 3 heterocycles. The number of rotatable bonds is 1. The first-order valence-corrected chi connectivity index (χ1v) is 4.93. The van der Waals surface area contributed by atoms with E-state index < -0.39 is 5.97 Å². The van der Waals surface area contributed by atoms with E-state index in [1.54, 1.807) is 18.3 Å². The van der Waals surface area contributed by atoms with Crippen molar-refractivity contribution in [2.45, 2.75) is 0 Å². The zero-order valence-corrected chi connectivity index (χ0v) is 8.58. The van der Waals surface area contributed by atoms with Gasteiger partial charge in [0.1, 0.15) is 11.8 Å². The standard InChI is InChI=1S/C12H7NO4/c14-10-4-3-7-8(12(15)16)6-17-9-2-1-5-13(10)11(7)9/h1-6H,(H,15,16). The van der Waals surface area contributed by atoms with E-state index in [1.165, 1.54) is 22.8 Å². The van der Waals surface area contributed by atoms with Crippen LogP contribution in [0.1, 0.15) is 5.56 Å². The topological polar surface area (TPSA) is 68.0 Å². The average molecular weight is 229 g/mol. The molecule has 0 atom stereocenters. The minimum atomic E-state index is -1.08. The van der Waals surface area contributed by atoms with E-state index in [9.17, 15) is 9.59 Å². The average Bonchev–Trinajstić information content (AvgIpc) is 2.33. The zero-order chi connectivity index (χ0) is 12.0. The van der Waals surface area contributed by atoms with Crippen LogP contribution in [0.15, 0.2) is 41.5 Å². The Morgan fingerprint density at radius 3 is 2.88 bits per heavy atom. The van der Waals surface area contributed by atoms with Gasteiger partial charge in [0.25, 0.3) is 5.56 Å². The summed E-state index contributed by atoms with van der Waals surface area (Å²) in [7, 11) is 0. The number of hydrogen-bond donors (Lipinski definition) is 1. The van der Waals surface area contributed by atoms with Gasteiger partial charge in [0, 0.05) is 17.8 Å². The molecule has 0 spiro atoms. The van der Waals surface area contributed by atoms with E-state index in [-0.39, 0.29) is 11.1 Å². The third-order valence-electron chi connectivity index (χ3n) is 2.67. The van der Waals surface area contributed by atoms with Gasteiger partial charge >= 0.3 is 5.97 Å². The van der Waals surface area contributed by atoms with E-state index in [1.807, 2.05) is 0 Å². The molecule has 84 valence electrons. The van der Waals surface area contributed by atoms with Crippen LogP contribution in [-0.4, -0.2) is 15.5 Å². The second kappa shape index (κ2) is 3.21. The summed E-state index contributed by atoms with van der Waals surface area (Å²) in [4.78, 5) is 22.7. The van der Waals surface area contributed by atoms with Crippen LogP contribution in [0.5, 0.6) is 5.75 Å². The van der Waals surface area contributed by atoms with Gasteiger partial charge in [-0.25, -0.2) is 4.79 Å². The van der Waals surface area contributed by atoms with E-state index in [0.29, 0.717) is 16.8 Å². The van der Waals surface area contributed by atoms with Gasteiger partial charge in [0.05, 0.1) is 5.52 Å². The summed E-state index contributed by atoms with van der Waals surface area (Å²) in [5.41, 5.74) is 0.792. The third-order valence-corrected chi connectivity index (χ3v) is 2.67. The van der Waals surface area contributed by atoms with Crippen LogP contribution in [0, 0.1) is 0 Å². The summed E-state index contributed by atoms with van der Waals surface area (Å²) in [6.07, 6.45) is 2.77. The second-order valence-corrected chi connectivity index (χ2v) is 3.63. The van der Waals surface area contributed by atoms with E-state index in [2.05, 4.69) is 0 Å². The first kappa shape index (κ1) is 9.65. The molecular formula is C12H7NO4. The normalized spacial score (nSPS) is 13.1. The molecule has 5 nitrogen and oxygen atoms in total. The van der Waals surface area contributed by atoms with Crippen molar-refractivity contribution in [2.24, 2.45) is 0 Å². The smallest absolute Gasteiger partial charge is 0.339 e. The fourth-order valence-corrected chi connectivity index (χ4v) is 1.91. The van der Waals surface area contributed by atoms with Crippen LogP contribution in [0.3, 0.4) is 0 Å². The van der Waals surface area contributed by atoms with Crippen molar-refractivity contribution in [1.82, 2.24) is 4.40 Å². The van der Waals surface area contributed by atoms with Crippen molar-refractivity contribution < 1.29 is 14.6 Å². The Balaban J connectivity index is 2.48. The third kappa shape index (κ3) is 1.25. The number of ether oxygens (including phenoxy) is 1. The number of carboxylic acids is 1. The summed E-state index contributed by atoms with van der Waals surface area (Å²) in [6.45, 7) is 0. The minimum absolute atomic E-state index is 0.0428. The van der Waals surface area contributed by atoms with E-state index >= 15 is 0 Å². The van der Waals surface area contributed by atoms with Crippen LogP contribution in [0.2, 0.25) is 0 Å². The maximum atomic E-state index is 11.6. The number of carbonyl (C=O) groups is 1. The number of hydrogen-bond acceptors (Lipinski definition) is 3. The number of nitrogens with zero attached hydrogens (tertiary/aromatic N) is 1. The fraction of sp³-hybridized carbons (Fsp3) is 0. The van der Waals surface area contributed by atoms with Gasteiger partial charge in [-0.1, -0.05) is 0 Å². The molecule has 0 unspecified atom stereocenters. The highest BCUT2D eigenvalue weighted by atomic mass is 16.5. The lowest BCUT2D eigenvalue weighted by atomic mass is 10.0. The SMILES string of the molecule is O=C(O)C1=COc2cccn3c(=O)ccc1c23. The molecule has 3 rings (SSSR count). The molecule has 0 aromatic carbocycles. The Labute approximate surface area is 95.2 Å². The highest BCUT2D eigenvalue weighted by Gasteiger charge is 2.21. The Kier molecular flexibility index (Phi) is 1.82. The van der Waals surface area contributed by atoms with Gasteiger partial charge in [-0.2, -0.15) is 0 Å². The lowest BCUT2D eigenvalue weighted by Gasteiger charge is -2.16. The summed E-state index contributed by atoms with van der Waals surface area (Å²) in [5, 5.41) is 9.05. The van der Waals surface area contributed by atoms with E-state index in [4.69, 9.17) is 9.84 Å². The highest BCUT2D eigenvalue weighted by Crippen LogP contribution is 2.31. The molecule has 0 saturated heterocycles. The van der Waals surface area contributed by atoms with Gasteiger partial charge in [-0.3, -0.25) is 9.20 Å². The second-order valence-electron chi connectivity index (χ2n) is 3.63. The maximum Gasteiger partial charge on any atom is 0.339 e. The monoisotopic (exact) mass is 229 g/mol. The molecule has 1 aliphatic heterocycles. The zero-order valence-electron chi connectivity index (χ0n) is 8.58. The van der Waals surface area contributed by atoms with Gasteiger partial charge in [0.2, 0.25) is 0 Å². The number of aromatic nitrogens is 1.